The fourth-order valence-corrected chi connectivity index (χ4v) is 5.80. The van der Waals surface area contributed by atoms with Crippen molar-refractivity contribution in [3.05, 3.63) is 28.3 Å². The molecule has 0 aliphatic carbocycles. The van der Waals surface area contributed by atoms with Gasteiger partial charge in [0.2, 0.25) is 15.9 Å². The van der Waals surface area contributed by atoms with Crippen LogP contribution in [0.25, 0.3) is 0 Å². The van der Waals surface area contributed by atoms with Crippen molar-refractivity contribution in [3.8, 4) is 0 Å². The third kappa shape index (κ3) is 4.26. The Kier molecular flexibility index (Phi) is 6.49. The molecule has 1 amide bonds. The molecule has 160 valence electrons. The van der Waals surface area contributed by atoms with Gasteiger partial charge >= 0.3 is 0 Å². The minimum absolute atomic E-state index is 0.0523. The molecule has 0 N–H and O–H groups in total. The number of aromatic nitrogens is 4. The number of carbonyl (C=O) groups is 1. The van der Waals surface area contributed by atoms with Gasteiger partial charge < -0.3 is 4.90 Å². The Morgan fingerprint density at radius 3 is 2.69 bits per heavy atom. The van der Waals surface area contributed by atoms with Crippen LogP contribution in [0, 0.1) is 12.8 Å². The lowest BCUT2D eigenvalue weighted by Gasteiger charge is -2.33. The smallest absolute Gasteiger partial charge is 0.246 e. The summed E-state index contributed by atoms with van der Waals surface area (Å²) in [6.45, 7) is 5.46. The van der Waals surface area contributed by atoms with Gasteiger partial charge in [-0.15, -0.1) is 0 Å². The van der Waals surface area contributed by atoms with E-state index in [0.717, 1.165) is 10.2 Å². The van der Waals surface area contributed by atoms with Crippen LogP contribution in [0.1, 0.15) is 31.2 Å². The van der Waals surface area contributed by atoms with E-state index in [-0.39, 0.29) is 23.3 Å². The van der Waals surface area contributed by atoms with E-state index in [9.17, 15) is 13.2 Å². The number of rotatable bonds is 6. The van der Waals surface area contributed by atoms with Gasteiger partial charge in [0.25, 0.3) is 0 Å². The number of halogens is 1. The number of nitrogens with zero attached hydrogens (tertiary/aromatic N) is 6. The monoisotopic (exact) mass is 486 g/mol. The lowest BCUT2D eigenvalue weighted by Crippen LogP contribution is -2.45. The van der Waals surface area contributed by atoms with Crippen LogP contribution < -0.4 is 0 Å². The molecule has 1 atom stereocenters. The Morgan fingerprint density at radius 1 is 1.34 bits per heavy atom. The average Bonchev–Trinajstić information content (AvgIpc) is 3.23. The Labute approximate surface area is 179 Å². The molecule has 0 radical (unpaired) electrons. The number of sulfonamides is 1. The van der Waals surface area contributed by atoms with Crippen molar-refractivity contribution in [2.75, 3.05) is 20.1 Å². The molecule has 0 saturated carbocycles. The summed E-state index contributed by atoms with van der Waals surface area (Å²) >= 11 is 3.49. The molecule has 3 rings (SSSR count). The fourth-order valence-electron chi connectivity index (χ4n) is 3.66. The lowest BCUT2D eigenvalue weighted by molar-refractivity contribution is -0.136. The van der Waals surface area contributed by atoms with E-state index in [0.29, 0.717) is 38.2 Å². The van der Waals surface area contributed by atoms with Gasteiger partial charge in [-0.2, -0.15) is 14.5 Å². The van der Waals surface area contributed by atoms with E-state index >= 15 is 0 Å². The molecule has 0 aromatic carbocycles. The van der Waals surface area contributed by atoms with E-state index in [1.54, 1.807) is 36.8 Å². The summed E-state index contributed by atoms with van der Waals surface area (Å²) in [6, 6.07) is 0. The second-order valence-electron chi connectivity index (χ2n) is 7.37. The fraction of sp³-hybridized carbons (Fsp3) is 0.611. The van der Waals surface area contributed by atoms with E-state index in [1.165, 1.54) is 10.5 Å². The molecule has 3 heterocycles. The van der Waals surface area contributed by atoms with E-state index < -0.39 is 10.0 Å². The Hall–Kier alpha value is -1.72. The van der Waals surface area contributed by atoms with Gasteiger partial charge in [-0.25, -0.2) is 8.42 Å². The van der Waals surface area contributed by atoms with Crippen molar-refractivity contribution >= 4 is 31.9 Å². The molecule has 1 aliphatic rings. The van der Waals surface area contributed by atoms with Gasteiger partial charge in [0.15, 0.2) is 0 Å². The molecule has 11 heteroatoms. The summed E-state index contributed by atoms with van der Waals surface area (Å²) in [5.41, 5.74) is 1.52. The average molecular weight is 487 g/mol. The minimum Gasteiger partial charge on any atom is -0.340 e. The predicted octanol–water partition coefficient (Wildman–Crippen LogP) is 1.77. The van der Waals surface area contributed by atoms with Crippen LogP contribution in [0.15, 0.2) is 21.8 Å². The molecule has 0 bridgehead atoms. The number of aryl methyl sites for hydroxylation is 2. The second-order valence-corrected chi connectivity index (χ2v) is 10.1. The zero-order chi connectivity index (χ0) is 21.3. The first-order chi connectivity index (χ1) is 13.7. The number of hydrogen-bond acceptors (Lipinski definition) is 5. The summed E-state index contributed by atoms with van der Waals surface area (Å²) in [4.78, 5) is 14.9. The highest BCUT2D eigenvalue weighted by molar-refractivity contribution is 9.10. The summed E-state index contributed by atoms with van der Waals surface area (Å²) in [6.07, 6.45) is 4.43. The third-order valence-electron chi connectivity index (χ3n) is 5.50. The standard InChI is InChI=1S/C18H27BrN6O3S/c1-5-25-16(15(19)9-21-25)12-22(3)18(26)14-7-6-8-24(11-14)29(27,28)17-10-20-23(4)13(17)2/h9-10,14H,5-8,11-12H2,1-4H3. The summed E-state index contributed by atoms with van der Waals surface area (Å²) in [5.74, 6) is -0.416. The molecule has 9 nitrogen and oxygen atoms in total. The van der Waals surface area contributed by atoms with Crippen molar-refractivity contribution in [2.24, 2.45) is 13.0 Å². The quantitative estimate of drug-likeness (QED) is 0.619. The van der Waals surface area contributed by atoms with Crippen LogP contribution in [-0.2, 0) is 35.0 Å². The van der Waals surface area contributed by atoms with Gasteiger partial charge in [0.05, 0.1) is 40.7 Å². The molecule has 1 unspecified atom stereocenters. The molecule has 0 spiro atoms. The number of carbonyl (C=O) groups excluding carboxylic acids is 1. The maximum absolute atomic E-state index is 13.1. The van der Waals surface area contributed by atoms with Gasteiger partial charge in [0.1, 0.15) is 4.90 Å². The minimum atomic E-state index is -3.67. The van der Waals surface area contributed by atoms with Crippen molar-refractivity contribution < 1.29 is 13.2 Å². The highest BCUT2D eigenvalue weighted by Gasteiger charge is 2.36. The summed E-state index contributed by atoms with van der Waals surface area (Å²) < 4.78 is 31.8. The Balaban J connectivity index is 1.73. The number of piperidine rings is 1. The highest BCUT2D eigenvalue weighted by Crippen LogP contribution is 2.27. The SMILES string of the molecule is CCn1ncc(Br)c1CN(C)C(=O)C1CCCN(S(=O)(=O)c2cnn(C)c2C)C1. The zero-order valence-electron chi connectivity index (χ0n) is 17.2. The van der Waals surface area contributed by atoms with E-state index in [4.69, 9.17) is 0 Å². The normalized spacial score (nSPS) is 18.2. The topological polar surface area (TPSA) is 93.3 Å². The highest BCUT2D eigenvalue weighted by atomic mass is 79.9. The first-order valence-corrected chi connectivity index (χ1v) is 11.8. The third-order valence-corrected chi connectivity index (χ3v) is 8.13. The molecular weight excluding hydrogens is 460 g/mol. The molecule has 29 heavy (non-hydrogen) atoms. The summed E-state index contributed by atoms with van der Waals surface area (Å²) in [7, 11) is -0.210. The van der Waals surface area contributed by atoms with Crippen molar-refractivity contribution in [3.63, 3.8) is 0 Å². The van der Waals surface area contributed by atoms with E-state index in [1.807, 2.05) is 11.6 Å². The van der Waals surface area contributed by atoms with Crippen molar-refractivity contribution in [1.82, 2.24) is 28.8 Å². The Bertz CT molecular complexity index is 999. The van der Waals surface area contributed by atoms with Crippen LogP contribution >= 0.6 is 15.9 Å². The van der Waals surface area contributed by atoms with Crippen LogP contribution in [0.5, 0.6) is 0 Å². The first-order valence-electron chi connectivity index (χ1n) is 9.60. The molecule has 1 fully saturated rings. The van der Waals surface area contributed by atoms with Gasteiger partial charge in [0, 0.05) is 33.7 Å². The number of hydrogen-bond donors (Lipinski definition) is 0. The molecule has 1 saturated heterocycles. The lowest BCUT2D eigenvalue weighted by atomic mass is 9.98. The zero-order valence-corrected chi connectivity index (χ0v) is 19.6. The van der Waals surface area contributed by atoms with E-state index in [2.05, 4.69) is 26.1 Å². The van der Waals surface area contributed by atoms with Crippen LogP contribution in [-0.4, -0.2) is 63.2 Å². The molecule has 1 aliphatic heterocycles. The van der Waals surface area contributed by atoms with Gasteiger partial charge in [-0.05, 0) is 42.6 Å². The maximum Gasteiger partial charge on any atom is 0.246 e. The first kappa shape index (κ1) is 22.0. The van der Waals surface area contributed by atoms with Gasteiger partial charge in [-0.1, -0.05) is 0 Å². The largest absolute Gasteiger partial charge is 0.340 e. The predicted molar refractivity (Wildman–Crippen MR) is 112 cm³/mol. The second kappa shape index (κ2) is 8.57. The summed E-state index contributed by atoms with van der Waals surface area (Å²) in [5, 5.41) is 8.33. The van der Waals surface area contributed by atoms with Crippen molar-refractivity contribution in [2.45, 2.75) is 44.7 Å². The number of amides is 1. The van der Waals surface area contributed by atoms with Crippen LogP contribution in [0.2, 0.25) is 0 Å². The molecular formula is C18H27BrN6O3S. The maximum atomic E-state index is 13.1. The van der Waals surface area contributed by atoms with Gasteiger partial charge in [-0.3, -0.25) is 14.2 Å². The van der Waals surface area contributed by atoms with Crippen LogP contribution in [0.4, 0.5) is 0 Å². The molecule has 2 aromatic heterocycles. The van der Waals surface area contributed by atoms with Crippen LogP contribution in [0.3, 0.4) is 0 Å². The Morgan fingerprint density at radius 2 is 2.07 bits per heavy atom. The molecule has 2 aromatic rings. The van der Waals surface area contributed by atoms with Crippen molar-refractivity contribution in [1.29, 1.82) is 0 Å².